The molecule has 5 heteroatoms. The molecule has 0 unspecified atom stereocenters. The summed E-state index contributed by atoms with van der Waals surface area (Å²) < 4.78 is 0. The topological polar surface area (TPSA) is 60.7 Å². The lowest BCUT2D eigenvalue weighted by molar-refractivity contribution is 1.30. The van der Waals surface area contributed by atoms with Gasteiger partial charge < -0.3 is 10.6 Å². The quantitative estimate of drug-likeness (QED) is 0.886. The number of nitriles is 1. The minimum absolute atomic E-state index is 0.555. The molecule has 2 aromatic rings. The molecule has 0 atom stereocenters. The molecule has 4 nitrogen and oxygen atoms in total. The number of halogens is 1. The van der Waals surface area contributed by atoms with Crippen LogP contribution in [0.4, 0.5) is 17.1 Å². The van der Waals surface area contributed by atoms with Gasteiger partial charge in [0.2, 0.25) is 0 Å². The van der Waals surface area contributed by atoms with Crippen LogP contribution in [-0.4, -0.2) is 12.0 Å². The highest BCUT2D eigenvalue weighted by Gasteiger charge is 2.03. The molecule has 0 radical (unpaired) electrons. The van der Waals surface area contributed by atoms with Crippen molar-refractivity contribution >= 4 is 28.7 Å². The van der Waals surface area contributed by atoms with Gasteiger partial charge in [0.1, 0.15) is 0 Å². The maximum Gasteiger partial charge on any atom is 0.0992 e. The molecule has 0 amide bonds. The fourth-order valence-electron chi connectivity index (χ4n) is 1.49. The van der Waals surface area contributed by atoms with E-state index in [0.717, 1.165) is 11.4 Å². The maximum absolute atomic E-state index is 8.86. The van der Waals surface area contributed by atoms with Crippen LogP contribution in [0.5, 0.6) is 0 Å². The third-order valence-electron chi connectivity index (χ3n) is 2.40. The number of nitrogens with one attached hydrogen (secondary N) is 2. The molecule has 0 fully saturated rings. The first-order valence-corrected chi connectivity index (χ1v) is 5.70. The van der Waals surface area contributed by atoms with Gasteiger partial charge in [-0.25, -0.2) is 0 Å². The number of benzene rings is 1. The van der Waals surface area contributed by atoms with Crippen LogP contribution in [-0.2, 0) is 0 Å². The normalized spacial score (nSPS) is 9.61. The molecule has 0 spiro atoms. The zero-order chi connectivity index (χ0) is 13.0. The van der Waals surface area contributed by atoms with Crippen LogP contribution >= 0.6 is 11.6 Å². The highest BCUT2D eigenvalue weighted by molar-refractivity contribution is 6.33. The van der Waals surface area contributed by atoms with Gasteiger partial charge in [-0.1, -0.05) is 11.6 Å². The average molecular weight is 259 g/mol. The van der Waals surface area contributed by atoms with Gasteiger partial charge in [-0.05, 0) is 24.3 Å². The van der Waals surface area contributed by atoms with Crippen molar-refractivity contribution < 1.29 is 0 Å². The molecule has 0 saturated carbocycles. The van der Waals surface area contributed by atoms with Gasteiger partial charge in [0, 0.05) is 7.05 Å². The Morgan fingerprint density at radius 2 is 2.00 bits per heavy atom. The van der Waals surface area contributed by atoms with E-state index in [1.807, 2.05) is 13.1 Å². The molecule has 0 aliphatic carbocycles. The van der Waals surface area contributed by atoms with Gasteiger partial charge in [-0.2, -0.15) is 5.26 Å². The van der Waals surface area contributed by atoms with Crippen LogP contribution in [0.1, 0.15) is 5.56 Å². The highest BCUT2D eigenvalue weighted by Crippen LogP contribution is 2.26. The number of rotatable bonds is 3. The molecule has 2 rings (SSSR count). The van der Waals surface area contributed by atoms with Crippen molar-refractivity contribution in [1.82, 2.24) is 4.98 Å². The van der Waals surface area contributed by atoms with E-state index in [1.54, 1.807) is 30.6 Å². The summed E-state index contributed by atoms with van der Waals surface area (Å²) in [6.07, 6.45) is 3.41. The lowest BCUT2D eigenvalue weighted by Crippen LogP contribution is -1.95. The number of anilines is 3. The lowest BCUT2D eigenvalue weighted by Gasteiger charge is -2.09. The van der Waals surface area contributed by atoms with E-state index in [0.29, 0.717) is 16.3 Å². The van der Waals surface area contributed by atoms with E-state index in [-0.39, 0.29) is 0 Å². The van der Waals surface area contributed by atoms with Crippen LogP contribution in [0, 0.1) is 11.3 Å². The van der Waals surface area contributed by atoms with Crippen molar-refractivity contribution in [3.8, 4) is 6.07 Å². The molecule has 1 heterocycles. The molecule has 90 valence electrons. The average Bonchev–Trinajstić information content (AvgIpc) is 2.41. The van der Waals surface area contributed by atoms with Gasteiger partial charge in [0.25, 0.3) is 0 Å². The number of hydrogen-bond acceptors (Lipinski definition) is 4. The predicted molar refractivity (Wildman–Crippen MR) is 73.2 cm³/mol. The summed E-state index contributed by atoms with van der Waals surface area (Å²) in [5, 5.41) is 15.6. The Hall–Kier alpha value is -2.25. The molecule has 0 saturated heterocycles. The number of pyridine rings is 1. The molecule has 0 bridgehead atoms. The van der Waals surface area contributed by atoms with Gasteiger partial charge in [0.05, 0.1) is 46.1 Å². The summed E-state index contributed by atoms with van der Waals surface area (Å²) in [5.74, 6) is 0. The minimum Gasteiger partial charge on any atom is -0.387 e. The van der Waals surface area contributed by atoms with Crippen molar-refractivity contribution in [3.63, 3.8) is 0 Å². The molecule has 0 aliphatic rings. The van der Waals surface area contributed by atoms with Crippen molar-refractivity contribution in [1.29, 1.82) is 5.26 Å². The fourth-order valence-corrected chi connectivity index (χ4v) is 1.66. The van der Waals surface area contributed by atoms with Crippen LogP contribution < -0.4 is 10.6 Å². The molecule has 1 aromatic carbocycles. The SMILES string of the molecule is CNc1cncc(Nc2cc(C#N)ccc2Cl)c1. The molecule has 1 aromatic heterocycles. The zero-order valence-corrected chi connectivity index (χ0v) is 10.5. The van der Waals surface area contributed by atoms with E-state index in [9.17, 15) is 0 Å². The Morgan fingerprint density at radius 1 is 1.22 bits per heavy atom. The largest absolute Gasteiger partial charge is 0.387 e. The summed E-state index contributed by atoms with van der Waals surface area (Å²) in [5.41, 5.74) is 2.94. The molecular formula is C13H11ClN4. The summed E-state index contributed by atoms with van der Waals surface area (Å²) in [6.45, 7) is 0. The first-order valence-electron chi connectivity index (χ1n) is 5.32. The van der Waals surface area contributed by atoms with Crippen molar-refractivity contribution in [3.05, 3.63) is 47.2 Å². The van der Waals surface area contributed by atoms with Gasteiger partial charge in [-0.3, -0.25) is 4.98 Å². The van der Waals surface area contributed by atoms with E-state index >= 15 is 0 Å². The Kier molecular flexibility index (Phi) is 3.66. The third kappa shape index (κ3) is 2.70. The van der Waals surface area contributed by atoms with E-state index in [2.05, 4.69) is 21.7 Å². The number of hydrogen-bond donors (Lipinski definition) is 2. The van der Waals surface area contributed by atoms with Crippen LogP contribution in [0.2, 0.25) is 5.02 Å². The van der Waals surface area contributed by atoms with Gasteiger partial charge in [0.15, 0.2) is 0 Å². The van der Waals surface area contributed by atoms with Crippen LogP contribution in [0.25, 0.3) is 0 Å². The lowest BCUT2D eigenvalue weighted by atomic mass is 10.2. The molecule has 0 aliphatic heterocycles. The van der Waals surface area contributed by atoms with E-state index in [4.69, 9.17) is 16.9 Å². The summed E-state index contributed by atoms with van der Waals surface area (Å²) in [7, 11) is 1.82. The zero-order valence-electron chi connectivity index (χ0n) is 9.74. The van der Waals surface area contributed by atoms with E-state index < -0.39 is 0 Å². The summed E-state index contributed by atoms with van der Waals surface area (Å²) in [6, 6.07) is 9.05. The molecule has 2 N–H and O–H groups in total. The third-order valence-corrected chi connectivity index (χ3v) is 2.73. The summed E-state index contributed by atoms with van der Waals surface area (Å²) in [4.78, 5) is 4.09. The Balaban J connectivity index is 2.30. The van der Waals surface area contributed by atoms with Crippen molar-refractivity contribution in [2.75, 3.05) is 17.7 Å². The van der Waals surface area contributed by atoms with Crippen LogP contribution in [0.15, 0.2) is 36.7 Å². The highest BCUT2D eigenvalue weighted by atomic mass is 35.5. The standard InChI is InChI=1S/C13H11ClN4/c1-16-10-5-11(8-17-7-10)18-13-4-9(6-15)2-3-12(13)14/h2-5,7-8,16,18H,1H3. The minimum atomic E-state index is 0.555. The van der Waals surface area contributed by atoms with Gasteiger partial charge >= 0.3 is 0 Å². The number of nitrogens with zero attached hydrogens (tertiary/aromatic N) is 2. The summed E-state index contributed by atoms with van der Waals surface area (Å²) >= 11 is 6.07. The second-order valence-electron chi connectivity index (χ2n) is 3.64. The first kappa shape index (κ1) is 12.2. The predicted octanol–water partition coefficient (Wildman–Crippen LogP) is 3.39. The Bertz CT molecular complexity index is 604. The second-order valence-corrected chi connectivity index (χ2v) is 4.05. The van der Waals surface area contributed by atoms with Gasteiger partial charge in [-0.15, -0.1) is 0 Å². The number of aromatic nitrogens is 1. The molecular weight excluding hydrogens is 248 g/mol. The Morgan fingerprint density at radius 3 is 2.72 bits per heavy atom. The van der Waals surface area contributed by atoms with Crippen molar-refractivity contribution in [2.45, 2.75) is 0 Å². The van der Waals surface area contributed by atoms with Crippen molar-refractivity contribution in [2.24, 2.45) is 0 Å². The first-order chi connectivity index (χ1) is 8.72. The van der Waals surface area contributed by atoms with E-state index in [1.165, 1.54) is 0 Å². The Labute approximate surface area is 110 Å². The monoisotopic (exact) mass is 258 g/mol. The second kappa shape index (κ2) is 5.39. The molecule has 18 heavy (non-hydrogen) atoms. The van der Waals surface area contributed by atoms with Crippen LogP contribution in [0.3, 0.4) is 0 Å². The maximum atomic E-state index is 8.86. The smallest absolute Gasteiger partial charge is 0.0992 e. The fraction of sp³-hybridized carbons (Fsp3) is 0.0769.